The Hall–Kier alpha value is -3.84. The number of benzene rings is 1. The van der Waals surface area contributed by atoms with Crippen LogP contribution in [0.3, 0.4) is 0 Å². The molecule has 4 rings (SSSR count). The summed E-state index contributed by atoms with van der Waals surface area (Å²) in [6.07, 6.45) is 1.36. The Balaban J connectivity index is 1.76. The maximum Gasteiger partial charge on any atom is 0.387 e. The number of alkyl halides is 2. The molecule has 2 aromatic heterocycles. The summed E-state index contributed by atoms with van der Waals surface area (Å²) in [5.74, 6) is 4.84. The zero-order valence-electron chi connectivity index (χ0n) is 16.3. The maximum absolute atomic E-state index is 12.9. The number of nitrogen functional groups attached to an aromatic ring is 1. The lowest BCUT2D eigenvalue weighted by Gasteiger charge is -2.13. The van der Waals surface area contributed by atoms with E-state index in [4.69, 9.17) is 5.73 Å². The van der Waals surface area contributed by atoms with Crippen molar-refractivity contribution in [1.82, 2.24) is 19.9 Å². The Morgan fingerprint density at radius 3 is 2.81 bits per heavy atom. The molecule has 1 fully saturated rings. The van der Waals surface area contributed by atoms with Crippen LogP contribution in [0.2, 0.25) is 0 Å². The van der Waals surface area contributed by atoms with Crippen LogP contribution in [-0.4, -0.2) is 56.7 Å². The molecule has 1 aliphatic heterocycles. The van der Waals surface area contributed by atoms with E-state index in [0.29, 0.717) is 23.4 Å². The molecule has 0 spiro atoms. The van der Waals surface area contributed by atoms with E-state index in [1.807, 2.05) is 0 Å². The lowest BCUT2D eigenvalue weighted by atomic mass is 10.0. The average Bonchev–Trinajstić information content (AvgIpc) is 3.00. The first-order chi connectivity index (χ1) is 14.8. The van der Waals surface area contributed by atoms with Gasteiger partial charge >= 0.3 is 6.61 Å². The summed E-state index contributed by atoms with van der Waals surface area (Å²) in [5, 5.41) is 10.5. The lowest BCUT2D eigenvalue weighted by molar-refractivity contribution is -0.137. The number of hydrogen-bond donors (Lipinski definition) is 2. The molecule has 3 N–H and O–H groups in total. The summed E-state index contributed by atoms with van der Waals surface area (Å²) >= 11 is 0. The van der Waals surface area contributed by atoms with Gasteiger partial charge in [-0.25, -0.2) is 15.0 Å². The van der Waals surface area contributed by atoms with Crippen LogP contribution < -0.4 is 10.5 Å². The van der Waals surface area contributed by atoms with Crippen LogP contribution in [-0.2, 0) is 4.79 Å². The first kappa shape index (κ1) is 20.4. The van der Waals surface area contributed by atoms with E-state index >= 15 is 0 Å². The van der Waals surface area contributed by atoms with Crippen molar-refractivity contribution in [3.05, 3.63) is 42.2 Å². The number of hydrogen-bond acceptors (Lipinski definition) is 7. The van der Waals surface area contributed by atoms with Gasteiger partial charge in [-0.05, 0) is 12.1 Å². The average molecular weight is 425 g/mol. The molecule has 3 aromatic rings. The number of likely N-dealkylation sites (tertiary alicyclic amines) is 1. The Morgan fingerprint density at radius 1 is 1.29 bits per heavy atom. The molecule has 0 aliphatic carbocycles. The Morgan fingerprint density at radius 2 is 2.10 bits per heavy atom. The number of halogens is 2. The van der Waals surface area contributed by atoms with Gasteiger partial charge in [0.15, 0.2) is 11.6 Å². The number of pyridine rings is 1. The van der Waals surface area contributed by atoms with E-state index in [2.05, 4.69) is 31.5 Å². The van der Waals surface area contributed by atoms with Crippen LogP contribution in [0.4, 0.5) is 14.6 Å². The van der Waals surface area contributed by atoms with Crippen molar-refractivity contribution in [2.75, 3.05) is 19.3 Å². The summed E-state index contributed by atoms with van der Waals surface area (Å²) in [6.45, 7) is -2.64. The van der Waals surface area contributed by atoms with Crippen LogP contribution in [0.1, 0.15) is 12.0 Å². The van der Waals surface area contributed by atoms with Crippen LogP contribution in [0.5, 0.6) is 5.75 Å². The summed E-state index contributed by atoms with van der Waals surface area (Å²) in [6, 6.07) is 8.07. The van der Waals surface area contributed by atoms with Crippen LogP contribution in [0, 0.1) is 11.8 Å². The second kappa shape index (κ2) is 7.77. The molecule has 1 amide bonds. The third-order valence-corrected chi connectivity index (χ3v) is 4.88. The molecule has 0 saturated carbocycles. The van der Waals surface area contributed by atoms with Gasteiger partial charge in [0.05, 0.1) is 5.69 Å². The fourth-order valence-corrected chi connectivity index (χ4v) is 3.26. The smallest absolute Gasteiger partial charge is 0.387 e. The molecule has 1 aliphatic rings. The molecule has 1 aromatic carbocycles. The molecule has 1 atom stereocenters. The molecule has 31 heavy (non-hydrogen) atoms. The van der Waals surface area contributed by atoms with Crippen molar-refractivity contribution in [1.29, 1.82) is 0 Å². The van der Waals surface area contributed by atoms with E-state index in [1.165, 1.54) is 11.0 Å². The number of amides is 1. The van der Waals surface area contributed by atoms with E-state index in [1.54, 1.807) is 31.3 Å². The number of aliphatic hydroxyl groups is 1. The number of fused-ring (bicyclic) bond motifs is 1. The zero-order chi connectivity index (χ0) is 22.2. The number of likely N-dealkylation sites (N-methyl/N-ethyl adjacent to an activating group) is 1. The molecule has 158 valence electrons. The standard InChI is InChI=1S/C21H17F2N5O3/c1-28-8-7-21(30,19(28)29)6-5-12-3-2-4-13(9-12)14-10-15(31-20(22)23)16-17(27-14)18(24)26-11-25-16/h2-4,9-11,20,30H,7-8H2,1H3,(H2,24,25,26). The van der Waals surface area contributed by atoms with Crippen molar-refractivity contribution in [2.45, 2.75) is 18.6 Å². The number of rotatable bonds is 3. The van der Waals surface area contributed by atoms with Crippen molar-refractivity contribution in [3.8, 4) is 28.8 Å². The van der Waals surface area contributed by atoms with Crippen LogP contribution in [0.25, 0.3) is 22.3 Å². The number of carbonyl (C=O) groups excluding carboxylic acids is 1. The normalized spacial score (nSPS) is 18.4. The predicted molar refractivity (Wildman–Crippen MR) is 108 cm³/mol. The number of nitrogens with two attached hydrogens (primary N) is 1. The van der Waals surface area contributed by atoms with Crippen molar-refractivity contribution < 1.29 is 23.4 Å². The Labute approximate surface area is 175 Å². The minimum Gasteiger partial charge on any atom is -0.432 e. The first-order valence-electron chi connectivity index (χ1n) is 9.24. The molecule has 10 heteroatoms. The number of nitrogens with zero attached hydrogens (tertiary/aromatic N) is 4. The first-order valence-corrected chi connectivity index (χ1v) is 9.24. The van der Waals surface area contributed by atoms with Crippen molar-refractivity contribution in [3.63, 3.8) is 0 Å². The number of carbonyl (C=O) groups is 1. The van der Waals surface area contributed by atoms with E-state index in [9.17, 15) is 18.7 Å². The lowest BCUT2D eigenvalue weighted by Crippen LogP contribution is -2.37. The SMILES string of the molecule is CN1CCC(O)(C#Cc2cccc(-c3cc(OC(F)F)c4ncnc(N)c4n3)c2)C1=O. The molecular weight excluding hydrogens is 408 g/mol. The number of anilines is 1. The van der Waals surface area contributed by atoms with Gasteiger partial charge < -0.3 is 20.5 Å². The highest BCUT2D eigenvalue weighted by Gasteiger charge is 2.42. The molecule has 0 radical (unpaired) electrons. The molecule has 8 nitrogen and oxygen atoms in total. The van der Waals surface area contributed by atoms with Gasteiger partial charge in [-0.2, -0.15) is 8.78 Å². The van der Waals surface area contributed by atoms with E-state index in [-0.39, 0.29) is 29.0 Å². The second-order valence-corrected chi connectivity index (χ2v) is 7.01. The van der Waals surface area contributed by atoms with Gasteiger partial charge in [-0.15, -0.1) is 0 Å². The van der Waals surface area contributed by atoms with Gasteiger partial charge in [0.1, 0.15) is 17.4 Å². The predicted octanol–water partition coefficient (Wildman–Crippen LogP) is 1.82. The van der Waals surface area contributed by atoms with Crippen LogP contribution in [0.15, 0.2) is 36.7 Å². The van der Waals surface area contributed by atoms with Crippen molar-refractivity contribution in [2.24, 2.45) is 0 Å². The fourth-order valence-electron chi connectivity index (χ4n) is 3.26. The minimum atomic E-state index is -3.06. The molecule has 3 heterocycles. The molecular formula is C21H17F2N5O3. The highest BCUT2D eigenvalue weighted by atomic mass is 19.3. The molecule has 1 saturated heterocycles. The van der Waals surface area contributed by atoms with Gasteiger partial charge in [-0.3, -0.25) is 4.79 Å². The largest absolute Gasteiger partial charge is 0.432 e. The Bertz CT molecular complexity index is 1240. The topological polar surface area (TPSA) is 114 Å². The monoisotopic (exact) mass is 425 g/mol. The van der Waals surface area contributed by atoms with E-state index in [0.717, 1.165) is 6.33 Å². The maximum atomic E-state index is 12.9. The van der Waals surface area contributed by atoms with Crippen LogP contribution >= 0.6 is 0 Å². The van der Waals surface area contributed by atoms with Crippen molar-refractivity contribution >= 4 is 22.8 Å². The summed E-state index contributed by atoms with van der Waals surface area (Å²) in [4.78, 5) is 25.7. The summed E-state index contributed by atoms with van der Waals surface area (Å²) in [7, 11) is 1.60. The van der Waals surface area contributed by atoms with Gasteiger partial charge in [0.25, 0.3) is 5.91 Å². The minimum absolute atomic E-state index is 0.0213. The number of aromatic nitrogens is 3. The van der Waals surface area contributed by atoms with Gasteiger partial charge in [0, 0.05) is 37.2 Å². The van der Waals surface area contributed by atoms with Gasteiger partial charge in [-0.1, -0.05) is 24.0 Å². The highest BCUT2D eigenvalue weighted by Crippen LogP contribution is 2.31. The molecule has 0 bridgehead atoms. The summed E-state index contributed by atoms with van der Waals surface area (Å²) in [5.41, 5.74) is 5.65. The summed E-state index contributed by atoms with van der Waals surface area (Å²) < 4.78 is 30.4. The third-order valence-electron chi connectivity index (χ3n) is 4.88. The van der Waals surface area contributed by atoms with Gasteiger partial charge in [0.2, 0.25) is 5.60 Å². The van der Waals surface area contributed by atoms with E-state index < -0.39 is 18.1 Å². The quantitative estimate of drug-likeness (QED) is 0.615. The zero-order valence-corrected chi connectivity index (χ0v) is 16.3. The Kier molecular flexibility index (Phi) is 5.12. The fraction of sp³-hybridized carbons (Fsp3) is 0.238. The second-order valence-electron chi connectivity index (χ2n) is 7.01. The third kappa shape index (κ3) is 3.95. The highest BCUT2D eigenvalue weighted by molar-refractivity contribution is 5.91. The number of ether oxygens (including phenoxy) is 1. The molecule has 1 unspecified atom stereocenters.